The maximum absolute atomic E-state index is 11.3. The number of carbonyl (C=O) groups is 1. The first kappa shape index (κ1) is 15.8. The van der Waals surface area contributed by atoms with E-state index in [9.17, 15) is 9.90 Å². The second-order valence-corrected chi connectivity index (χ2v) is 5.81. The van der Waals surface area contributed by atoms with Gasteiger partial charge in [-0.1, -0.05) is 18.5 Å². The van der Waals surface area contributed by atoms with Gasteiger partial charge in [-0.15, -0.1) is 0 Å². The molecule has 1 amide bonds. The lowest BCUT2D eigenvalue weighted by Gasteiger charge is -2.20. The van der Waals surface area contributed by atoms with Crippen LogP contribution < -0.4 is 10.2 Å². The number of hydrogen-bond acceptors (Lipinski definition) is 4. The molecule has 1 aliphatic rings. The third-order valence-corrected chi connectivity index (χ3v) is 3.53. The van der Waals surface area contributed by atoms with Crippen LogP contribution in [-0.2, 0) is 4.79 Å². The summed E-state index contributed by atoms with van der Waals surface area (Å²) < 4.78 is 5.52. The number of hydrazone groups is 1. The smallest absolute Gasteiger partial charge is 0.240 e. The van der Waals surface area contributed by atoms with E-state index in [4.69, 9.17) is 16.3 Å². The van der Waals surface area contributed by atoms with Gasteiger partial charge in [0.1, 0.15) is 12.4 Å². The van der Waals surface area contributed by atoms with Crippen LogP contribution in [0.5, 0.6) is 5.75 Å². The Balaban J connectivity index is 2.29. The van der Waals surface area contributed by atoms with Gasteiger partial charge in [-0.05, 0) is 31.5 Å². The molecule has 0 radical (unpaired) electrons. The molecule has 0 spiro atoms. The lowest BCUT2D eigenvalue weighted by Crippen LogP contribution is -2.32. The molecule has 21 heavy (non-hydrogen) atoms. The number of amides is 1. The van der Waals surface area contributed by atoms with Crippen molar-refractivity contribution < 1.29 is 14.6 Å². The van der Waals surface area contributed by atoms with Crippen LogP contribution in [0.2, 0.25) is 5.02 Å². The molecular formula is C15H19ClN2O3. The number of benzene rings is 1. The second-order valence-electron chi connectivity index (χ2n) is 5.40. The fraction of sp³-hybridized carbons (Fsp3) is 0.467. The molecule has 1 heterocycles. The number of aliphatic hydroxyl groups excluding tert-OH is 1. The van der Waals surface area contributed by atoms with Gasteiger partial charge in [0.2, 0.25) is 5.91 Å². The van der Waals surface area contributed by atoms with Crippen LogP contribution in [0.25, 0.3) is 0 Å². The molecule has 2 rings (SSSR count). The summed E-state index contributed by atoms with van der Waals surface area (Å²) in [5.74, 6) is 0.527. The average Bonchev–Trinajstić information content (AvgIpc) is 2.37. The fourth-order valence-electron chi connectivity index (χ4n) is 2.27. The Hall–Kier alpha value is -1.59. The Bertz CT molecular complexity index is 561. The van der Waals surface area contributed by atoms with E-state index >= 15 is 0 Å². The molecule has 1 aromatic carbocycles. The van der Waals surface area contributed by atoms with Gasteiger partial charge in [-0.3, -0.25) is 4.79 Å². The van der Waals surface area contributed by atoms with E-state index < -0.39 is 6.10 Å². The van der Waals surface area contributed by atoms with E-state index in [2.05, 4.69) is 10.5 Å². The minimum absolute atomic E-state index is 0.0402. The summed E-state index contributed by atoms with van der Waals surface area (Å²) in [6, 6.07) is 3.70. The van der Waals surface area contributed by atoms with E-state index in [1.165, 1.54) is 0 Å². The van der Waals surface area contributed by atoms with Gasteiger partial charge < -0.3 is 9.84 Å². The van der Waals surface area contributed by atoms with E-state index in [1.807, 2.05) is 19.9 Å². The number of rotatable bonds is 4. The number of carbonyl (C=O) groups excluding carboxylic acids is 1. The summed E-state index contributed by atoms with van der Waals surface area (Å²) in [5, 5.41) is 13.9. The Morgan fingerprint density at radius 3 is 2.86 bits per heavy atom. The van der Waals surface area contributed by atoms with Crippen molar-refractivity contribution in [3.8, 4) is 5.75 Å². The predicted molar refractivity (Wildman–Crippen MR) is 81.8 cm³/mol. The van der Waals surface area contributed by atoms with Crippen LogP contribution in [-0.4, -0.2) is 29.4 Å². The summed E-state index contributed by atoms with van der Waals surface area (Å²) in [5.41, 5.74) is 5.04. The van der Waals surface area contributed by atoms with Crippen molar-refractivity contribution in [1.82, 2.24) is 5.43 Å². The van der Waals surface area contributed by atoms with E-state index in [-0.39, 0.29) is 18.4 Å². The number of aryl methyl sites for hydroxylation is 1. The van der Waals surface area contributed by atoms with Crippen molar-refractivity contribution in [1.29, 1.82) is 0 Å². The zero-order valence-electron chi connectivity index (χ0n) is 12.3. The third kappa shape index (κ3) is 3.74. The quantitative estimate of drug-likeness (QED) is 0.896. The molecule has 0 aliphatic carbocycles. The van der Waals surface area contributed by atoms with Gasteiger partial charge in [0, 0.05) is 17.9 Å². The summed E-state index contributed by atoms with van der Waals surface area (Å²) in [7, 11) is 0. The van der Waals surface area contributed by atoms with Crippen molar-refractivity contribution in [2.45, 2.75) is 33.3 Å². The first-order valence-electron chi connectivity index (χ1n) is 6.86. The van der Waals surface area contributed by atoms with Crippen LogP contribution in [0, 0.1) is 12.8 Å². The van der Waals surface area contributed by atoms with Gasteiger partial charge >= 0.3 is 0 Å². The molecule has 0 fully saturated rings. The Morgan fingerprint density at radius 2 is 2.29 bits per heavy atom. The zero-order chi connectivity index (χ0) is 15.6. The largest absolute Gasteiger partial charge is 0.489 e. The van der Waals surface area contributed by atoms with Gasteiger partial charge in [-0.2, -0.15) is 5.10 Å². The Labute approximate surface area is 128 Å². The van der Waals surface area contributed by atoms with E-state index in [1.54, 1.807) is 13.0 Å². The van der Waals surface area contributed by atoms with Gasteiger partial charge in [0.15, 0.2) is 0 Å². The molecule has 2 unspecified atom stereocenters. The first-order valence-corrected chi connectivity index (χ1v) is 7.24. The third-order valence-electron chi connectivity index (χ3n) is 3.25. The summed E-state index contributed by atoms with van der Waals surface area (Å²) in [6.07, 6.45) is -0.145. The standard InChI is InChI=1S/C15H19ClN2O3/c1-8-5-13(20)17-18-14(8)11-4-9(2)15(12(16)6-11)21-7-10(3)19/h4,6,8,10,19H,5,7H2,1-3H3,(H,17,20). The number of nitrogens with zero attached hydrogens (tertiary/aromatic N) is 1. The fourth-order valence-corrected chi connectivity index (χ4v) is 2.59. The maximum atomic E-state index is 11.3. The van der Waals surface area contributed by atoms with Crippen LogP contribution in [0.3, 0.4) is 0 Å². The molecule has 6 heteroatoms. The van der Waals surface area contributed by atoms with Crippen molar-refractivity contribution in [2.24, 2.45) is 11.0 Å². The number of ether oxygens (including phenoxy) is 1. The highest BCUT2D eigenvalue weighted by molar-refractivity contribution is 6.32. The lowest BCUT2D eigenvalue weighted by molar-refractivity contribution is -0.121. The van der Waals surface area contributed by atoms with Crippen LogP contribution in [0.1, 0.15) is 31.4 Å². The average molecular weight is 311 g/mol. The molecule has 114 valence electrons. The zero-order valence-corrected chi connectivity index (χ0v) is 13.1. The minimum Gasteiger partial charge on any atom is -0.489 e. The van der Waals surface area contributed by atoms with Crippen molar-refractivity contribution in [3.63, 3.8) is 0 Å². The van der Waals surface area contributed by atoms with E-state index in [0.29, 0.717) is 17.2 Å². The Morgan fingerprint density at radius 1 is 1.57 bits per heavy atom. The van der Waals surface area contributed by atoms with Crippen LogP contribution in [0.4, 0.5) is 0 Å². The molecule has 0 saturated heterocycles. The molecular weight excluding hydrogens is 292 g/mol. The van der Waals surface area contributed by atoms with Crippen molar-refractivity contribution >= 4 is 23.2 Å². The van der Waals surface area contributed by atoms with Crippen molar-refractivity contribution in [2.75, 3.05) is 6.61 Å². The van der Waals surface area contributed by atoms with Gasteiger partial charge in [-0.25, -0.2) is 5.43 Å². The highest BCUT2D eigenvalue weighted by Gasteiger charge is 2.23. The Kier molecular flexibility index (Phi) is 4.85. The normalized spacial score (nSPS) is 19.8. The number of nitrogens with one attached hydrogen (secondary N) is 1. The SMILES string of the molecule is Cc1cc(C2=NNC(=O)CC2C)cc(Cl)c1OCC(C)O. The van der Waals surface area contributed by atoms with Gasteiger partial charge in [0.05, 0.1) is 16.8 Å². The summed E-state index contributed by atoms with van der Waals surface area (Å²) >= 11 is 6.26. The summed E-state index contributed by atoms with van der Waals surface area (Å²) in [6.45, 7) is 5.68. The number of halogens is 1. The van der Waals surface area contributed by atoms with Crippen LogP contribution >= 0.6 is 11.6 Å². The molecule has 1 aromatic rings. The first-order chi connectivity index (χ1) is 9.88. The lowest BCUT2D eigenvalue weighted by atomic mass is 9.93. The minimum atomic E-state index is -0.557. The highest BCUT2D eigenvalue weighted by Crippen LogP contribution is 2.31. The predicted octanol–water partition coefficient (Wildman–Crippen LogP) is 2.27. The highest BCUT2D eigenvalue weighted by atomic mass is 35.5. The second kappa shape index (κ2) is 6.45. The van der Waals surface area contributed by atoms with Crippen LogP contribution in [0.15, 0.2) is 17.2 Å². The molecule has 0 aromatic heterocycles. The maximum Gasteiger partial charge on any atom is 0.240 e. The summed E-state index contributed by atoms with van der Waals surface area (Å²) in [4.78, 5) is 11.3. The van der Waals surface area contributed by atoms with Crippen molar-refractivity contribution in [3.05, 3.63) is 28.3 Å². The molecule has 0 bridgehead atoms. The monoisotopic (exact) mass is 310 g/mol. The number of hydrogen-bond donors (Lipinski definition) is 2. The molecule has 2 atom stereocenters. The molecule has 2 N–H and O–H groups in total. The van der Waals surface area contributed by atoms with Gasteiger partial charge in [0.25, 0.3) is 0 Å². The number of aliphatic hydroxyl groups is 1. The topological polar surface area (TPSA) is 70.9 Å². The molecule has 0 saturated carbocycles. The molecule has 1 aliphatic heterocycles. The molecule has 5 nitrogen and oxygen atoms in total. The van der Waals surface area contributed by atoms with E-state index in [0.717, 1.165) is 16.8 Å².